The molecule has 1 aliphatic rings. The first-order valence-electron chi connectivity index (χ1n) is 5.59. The molecule has 0 aromatic heterocycles. The monoisotopic (exact) mass is 218 g/mol. The molecular weight excluding hydrogens is 200 g/mol. The lowest BCUT2D eigenvalue weighted by Gasteiger charge is -2.32. The molecule has 0 saturated carbocycles. The third-order valence-corrected chi connectivity index (χ3v) is 3.13. The van der Waals surface area contributed by atoms with Crippen LogP contribution in [-0.4, -0.2) is 13.0 Å². The van der Waals surface area contributed by atoms with Crippen LogP contribution >= 0.6 is 0 Å². The summed E-state index contributed by atoms with van der Waals surface area (Å²) in [5.74, 6) is 0.171. The first kappa shape index (κ1) is 11.1. The largest absolute Gasteiger partial charge is 0.322 e. The molecule has 1 aromatic carbocycles. The second kappa shape index (κ2) is 3.59. The summed E-state index contributed by atoms with van der Waals surface area (Å²) in [6, 6.07) is 6.11. The fourth-order valence-corrected chi connectivity index (χ4v) is 2.24. The average Bonchev–Trinajstić information content (AvgIpc) is 2.21. The summed E-state index contributed by atoms with van der Waals surface area (Å²) in [5.41, 5.74) is 9.00. The van der Waals surface area contributed by atoms with Crippen molar-refractivity contribution in [1.29, 1.82) is 0 Å². The third-order valence-electron chi connectivity index (χ3n) is 3.13. The van der Waals surface area contributed by atoms with E-state index in [0.717, 1.165) is 17.7 Å². The highest BCUT2D eigenvalue weighted by Crippen LogP contribution is 2.35. The number of rotatable bonds is 1. The topological polar surface area (TPSA) is 46.3 Å². The van der Waals surface area contributed by atoms with Crippen LogP contribution in [0.25, 0.3) is 0 Å². The molecule has 86 valence electrons. The van der Waals surface area contributed by atoms with Gasteiger partial charge in [0, 0.05) is 19.0 Å². The summed E-state index contributed by atoms with van der Waals surface area (Å²) in [4.78, 5) is 13.5. The summed E-state index contributed by atoms with van der Waals surface area (Å²) in [7, 11) is 1.83. The van der Waals surface area contributed by atoms with Crippen molar-refractivity contribution in [1.82, 2.24) is 0 Å². The SMILES string of the molecule is CN1C(=O)CCc2cccc(C(C)(C)N)c21. The second-order valence-corrected chi connectivity index (χ2v) is 4.99. The van der Waals surface area contributed by atoms with E-state index < -0.39 is 5.54 Å². The average molecular weight is 218 g/mol. The number of fused-ring (bicyclic) bond motifs is 1. The molecule has 0 radical (unpaired) electrons. The summed E-state index contributed by atoms with van der Waals surface area (Å²) in [5, 5.41) is 0. The maximum Gasteiger partial charge on any atom is 0.227 e. The van der Waals surface area contributed by atoms with E-state index >= 15 is 0 Å². The Bertz CT molecular complexity index is 432. The molecule has 0 spiro atoms. The molecule has 0 unspecified atom stereocenters. The van der Waals surface area contributed by atoms with Gasteiger partial charge in [-0.1, -0.05) is 18.2 Å². The summed E-state index contributed by atoms with van der Waals surface area (Å²) in [6.45, 7) is 3.94. The number of carbonyl (C=O) groups is 1. The van der Waals surface area contributed by atoms with Crippen LogP contribution in [0.4, 0.5) is 5.69 Å². The lowest BCUT2D eigenvalue weighted by molar-refractivity contribution is -0.118. The Labute approximate surface area is 96.2 Å². The van der Waals surface area contributed by atoms with E-state index in [1.54, 1.807) is 4.90 Å². The van der Waals surface area contributed by atoms with E-state index in [-0.39, 0.29) is 5.91 Å². The normalized spacial score (nSPS) is 16.2. The van der Waals surface area contributed by atoms with Gasteiger partial charge in [0.2, 0.25) is 5.91 Å². The van der Waals surface area contributed by atoms with E-state index in [9.17, 15) is 4.79 Å². The van der Waals surface area contributed by atoms with Crippen LogP contribution in [0.5, 0.6) is 0 Å². The highest BCUT2D eigenvalue weighted by molar-refractivity contribution is 5.97. The van der Waals surface area contributed by atoms with Gasteiger partial charge in [-0.05, 0) is 31.4 Å². The Morgan fingerprint density at radius 3 is 2.62 bits per heavy atom. The molecule has 1 amide bonds. The lowest BCUT2D eigenvalue weighted by Crippen LogP contribution is -2.37. The Balaban J connectivity index is 2.62. The van der Waals surface area contributed by atoms with Crippen molar-refractivity contribution in [3.05, 3.63) is 29.3 Å². The number of benzene rings is 1. The molecule has 1 aliphatic heterocycles. The van der Waals surface area contributed by atoms with Crippen LogP contribution < -0.4 is 10.6 Å². The maximum atomic E-state index is 11.7. The van der Waals surface area contributed by atoms with Gasteiger partial charge in [0.1, 0.15) is 0 Å². The molecular formula is C13H18N2O. The number of hydrogen-bond acceptors (Lipinski definition) is 2. The van der Waals surface area contributed by atoms with Gasteiger partial charge in [-0.3, -0.25) is 4.79 Å². The van der Waals surface area contributed by atoms with Gasteiger partial charge in [-0.15, -0.1) is 0 Å². The predicted molar refractivity (Wildman–Crippen MR) is 65.4 cm³/mol. The van der Waals surface area contributed by atoms with Crippen LogP contribution in [0.3, 0.4) is 0 Å². The van der Waals surface area contributed by atoms with Gasteiger partial charge >= 0.3 is 0 Å². The fraction of sp³-hybridized carbons (Fsp3) is 0.462. The highest BCUT2D eigenvalue weighted by atomic mass is 16.2. The molecule has 1 heterocycles. The van der Waals surface area contributed by atoms with Crippen molar-refractivity contribution >= 4 is 11.6 Å². The molecule has 1 aromatic rings. The van der Waals surface area contributed by atoms with Crippen LogP contribution in [0.15, 0.2) is 18.2 Å². The van der Waals surface area contributed by atoms with E-state index in [4.69, 9.17) is 5.73 Å². The fourth-order valence-electron chi connectivity index (χ4n) is 2.24. The van der Waals surface area contributed by atoms with E-state index in [1.165, 1.54) is 5.56 Å². The van der Waals surface area contributed by atoms with Crippen molar-refractivity contribution in [2.24, 2.45) is 5.73 Å². The zero-order chi connectivity index (χ0) is 11.9. The zero-order valence-corrected chi connectivity index (χ0v) is 10.1. The number of nitrogens with zero attached hydrogens (tertiary/aromatic N) is 1. The van der Waals surface area contributed by atoms with Crippen molar-refractivity contribution in [3.8, 4) is 0 Å². The summed E-state index contributed by atoms with van der Waals surface area (Å²) >= 11 is 0. The Morgan fingerprint density at radius 1 is 1.31 bits per heavy atom. The second-order valence-electron chi connectivity index (χ2n) is 4.99. The number of anilines is 1. The smallest absolute Gasteiger partial charge is 0.227 e. The number of nitrogens with two attached hydrogens (primary N) is 1. The van der Waals surface area contributed by atoms with Crippen LogP contribution in [0.2, 0.25) is 0 Å². The van der Waals surface area contributed by atoms with Crippen LogP contribution in [0, 0.1) is 0 Å². The Hall–Kier alpha value is -1.35. The van der Waals surface area contributed by atoms with Gasteiger partial charge < -0.3 is 10.6 Å². The van der Waals surface area contributed by atoms with E-state index in [2.05, 4.69) is 6.07 Å². The molecule has 3 nitrogen and oxygen atoms in total. The van der Waals surface area contributed by atoms with Gasteiger partial charge in [0.05, 0.1) is 5.69 Å². The minimum Gasteiger partial charge on any atom is -0.322 e. The quantitative estimate of drug-likeness (QED) is 0.781. The maximum absolute atomic E-state index is 11.7. The number of hydrogen-bond donors (Lipinski definition) is 1. The van der Waals surface area contributed by atoms with Gasteiger partial charge in [0.25, 0.3) is 0 Å². The van der Waals surface area contributed by atoms with Crippen LogP contribution in [0.1, 0.15) is 31.4 Å². The van der Waals surface area contributed by atoms with E-state index in [1.807, 2.05) is 33.0 Å². The standard InChI is InChI=1S/C13H18N2O/c1-13(2,14)10-6-4-5-9-7-8-11(16)15(3)12(9)10/h4-6H,7-8,14H2,1-3H3. The minimum atomic E-state index is -0.419. The molecule has 2 N–H and O–H groups in total. The molecule has 16 heavy (non-hydrogen) atoms. The molecule has 0 aliphatic carbocycles. The number of amides is 1. The minimum absolute atomic E-state index is 0.171. The third kappa shape index (κ3) is 1.71. The molecule has 2 rings (SSSR count). The molecule has 0 atom stereocenters. The van der Waals surface area contributed by atoms with Gasteiger partial charge in [-0.2, -0.15) is 0 Å². The highest BCUT2D eigenvalue weighted by Gasteiger charge is 2.28. The predicted octanol–water partition coefficient (Wildman–Crippen LogP) is 1.79. The molecule has 0 saturated heterocycles. The Kier molecular flexibility index (Phi) is 2.50. The Morgan fingerprint density at radius 2 is 2.00 bits per heavy atom. The molecule has 0 fully saturated rings. The van der Waals surface area contributed by atoms with Crippen molar-refractivity contribution < 1.29 is 4.79 Å². The van der Waals surface area contributed by atoms with Crippen LogP contribution in [-0.2, 0) is 16.8 Å². The molecule has 0 bridgehead atoms. The van der Waals surface area contributed by atoms with Crippen molar-refractivity contribution in [2.75, 3.05) is 11.9 Å². The number of carbonyl (C=O) groups excluding carboxylic acids is 1. The summed E-state index contributed by atoms with van der Waals surface area (Å²) in [6.07, 6.45) is 1.42. The number of para-hydroxylation sites is 1. The van der Waals surface area contributed by atoms with Crippen molar-refractivity contribution in [2.45, 2.75) is 32.2 Å². The lowest BCUT2D eigenvalue weighted by atomic mass is 9.88. The van der Waals surface area contributed by atoms with Gasteiger partial charge in [0.15, 0.2) is 0 Å². The first-order valence-corrected chi connectivity index (χ1v) is 5.59. The molecule has 3 heteroatoms. The summed E-state index contributed by atoms with van der Waals surface area (Å²) < 4.78 is 0. The first-order chi connectivity index (χ1) is 7.41. The van der Waals surface area contributed by atoms with Crippen molar-refractivity contribution in [3.63, 3.8) is 0 Å². The zero-order valence-electron chi connectivity index (χ0n) is 10.1. The van der Waals surface area contributed by atoms with Gasteiger partial charge in [-0.25, -0.2) is 0 Å². The van der Waals surface area contributed by atoms with E-state index in [0.29, 0.717) is 6.42 Å². The number of aryl methyl sites for hydroxylation is 1.